The molecular formula is C22H35N3O3. The number of nitrogens with one attached hydrogen (secondary N) is 1. The largest absolute Gasteiger partial charge is 0.465 e. The summed E-state index contributed by atoms with van der Waals surface area (Å²) in [7, 11) is 0. The van der Waals surface area contributed by atoms with Crippen LogP contribution in [0.1, 0.15) is 69.8 Å². The second-order valence-corrected chi connectivity index (χ2v) is 8.23. The Morgan fingerprint density at radius 2 is 2.00 bits per heavy atom. The minimum Gasteiger partial charge on any atom is -0.465 e. The van der Waals surface area contributed by atoms with Crippen LogP contribution in [0.15, 0.2) is 16.5 Å². The van der Waals surface area contributed by atoms with Crippen molar-refractivity contribution in [3.63, 3.8) is 0 Å². The zero-order valence-corrected chi connectivity index (χ0v) is 17.4. The van der Waals surface area contributed by atoms with Gasteiger partial charge in [-0.2, -0.15) is 0 Å². The summed E-state index contributed by atoms with van der Waals surface area (Å²) >= 11 is 0. The van der Waals surface area contributed by atoms with E-state index in [1.54, 1.807) is 0 Å². The fraction of sp³-hybridized carbons (Fsp3) is 0.727. The zero-order valence-electron chi connectivity index (χ0n) is 17.4. The van der Waals surface area contributed by atoms with E-state index in [0.29, 0.717) is 19.1 Å². The fourth-order valence-electron chi connectivity index (χ4n) is 4.55. The number of rotatable bonds is 7. The van der Waals surface area contributed by atoms with Crippen molar-refractivity contribution >= 4 is 11.8 Å². The van der Waals surface area contributed by atoms with Crippen LogP contribution in [-0.2, 0) is 16.1 Å². The molecule has 2 fully saturated rings. The highest BCUT2D eigenvalue weighted by molar-refractivity contribution is 5.89. The highest BCUT2D eigenvalue weighted by Crippen LogP contribution is 2.24. The van der Waals surface area contributed by atoms with Crippen molar-refractivity contribution in [3.8, 4) is 0 Å². The molecule has 1 atom stereocenters. The second kappa shape index (κ2) is 10.1. The third-order valence-corrected chi connectivity index (χ3v) is 6.01. The summed E-state index contributed by atoms with van der Waals surface area (Å²) in [6.07, 6.45) is 8.34. The molecule has 2 amide bonds. The van der Waals surface area contributed by atoms with E-state index in [1.807, 2.05) is 19.1 Å². The van der Waals surface area contributed by atoms with Crippen molar-refractivity contribution in [1.82, 2.24) is 15.1 Å². The Labute approximate surface area is 168 Å². The molecule has 1 aliphatic heterocycles. The average molecular weight is 390 g/mol. The van der Waals surface area contributed by atoms with E-state index in [0.717, 1.165) is 43.9 Å². The molecule has 3 rings (SSSR count). The van der Waals surface area contributed by atoms with Crippen molar-refractivity contribution in [3.05, 3.63) is 23.7 Å². The minimum atomic E-state index is -0.420. The molecule has 0 radical (unpaired) electrons. The normalized spacial score (nSPS) is 21.9. The van der Waals surface area contributed by atoms with Crippen LogP contribution in [0.3, 0.4) is 0 Å². The Balaban J connectivity index is 1.68. The van der Waals surface area contributed by atoms with Gasteiger partial charge in [0.25, 0.3) is 0 Å². The first-order chi connectivity index (χ1) is 13.6. The molecule has 1 saturated carbocycles. The lowest BCUT2D eigenvalue weighted by molar-refractivity contribution is -0.141. The van der Waals surface area contributed by atoms with E-state index in [1.165, 1.54) is 25.7 Å². The van der Waals surface area contributed by atoms with Crippen molar-refractivity contribution < 1.29 is 14.0 Å². The van der Waals surface area contributed by atoms with Crippen molar-refractivity contribution in [2.75, 3.05) is 19.6 Å². The van der Waals surface area contributed by atoms with Gasteiger partial charge in [0, 0.05) is 25.7 Å². The van der Waals surface area contributed by atoms with Gasteiger partial charge in [-0.3, -0.25) is 14.5 Å². The number of amides is 2. The summed E-state index contributed by atoms with van der Waals surface area (Å²) in [6.45, 7) is 6.75. The van der Waals surface area contributed by atoms with Gasteiger partial charge >= 0.3 is 0 Å². The Hall–Kier alpha value is -1.82. The first kappa shape index (κ1) is 20.9. The Morgan fingerprint density at radius 3 is 2.64 bits per heavy atom. The van der Waals surface area contributed by atoms with E-state index in [2.05, 4.69) is 22.0 Å². The van der Waals surface area contributed by atoms with E-state index in [9.17, 15) is 9.59 Å². The van der Waals surface area contributed by atoms with Gasteiger partial charge in [-0.25, -0.2) is 0 Å². The smallest absolute Gasteiger partial charge is 0.237 e. The van der Waals surface area contributed by atoms with Crippen LogP contribution in [0.5, 0.6) is 0 Å². The summed E-state index contributed by atoms with van der Waals surface area (Å²) in [5.41, 5.74) is 0. The molecular weight excluding hydrogens is 354 g/mol. The lowest BCUT2D eigenvalue weighted by Gasteiger charge is -2.37. The van der Waals surface area contributed by atoms with Crippen LogP contribution in [0, 0.1) is 6.92 Å². The molecule has 156 valence electrons. The molecule has 2 aliphatic rings. The minimum absolute atomic E-state index is 0.0415. The predicted molar refractivity (Wildman–Crippen MR) is 109 cm³/mol. The van der Waals surface area contributed by atoms with E-state index in [4.69, 9.17) is 4.42 Å². The van der Waals surface area contributed by atoms with Gasteiger partial charge in [-0.1, -0.05) is 32.6 Å². The van der Waals surface area contributed by atoms with Gasteiger partial charge in [0.1, 0.15) is 11.5 Å². The van der Waals surface area contributed by atoms with Gasteiger partial charge in [0.2, 0.25) is 11.8 Å². The number of hydrogen-bond donors (Lipinski definition) is 1. The summed E-state index contributed by atoms with van der Waals surface area (Å²) in [5, 5.41) is 2.94. The first-order valence-corrected chi connectivity index (χ1v) is 10.9. The van der Waals surface area contributed by atoms with Crippen LogP contribution < -0.4 is 5.32 Å². The molecule has 1 aromatic heterocycles. The van der Waals surface area contributed by atoms with Crippen LogP contribution in [-0.4, -0.2) is 53.3 Å². The number of nitrogens with zero attached hydrogens (tertiary/aromatic N) is 2. The molecule has 1 saturated heterocycles. The van der Waals surface area contributed by atoms with E-state index < -0.39 is 6.04 Å². The van der Waals surface area contributed by atoms with Crippen LogP contribution in [0.2, 0.25) is 0 Å². The van der Waals surface area contributed by atoms with Crippen LogP contribution in [0.25, 0.3) is 0 Å². The van der Waals surface area contributed by atoms with Gasteiger partial charge in [0.15, 0.2) is 0 Å². The molecule has 6 nitrogen and oxygen atoms in total. The Bertz CT molecular complexity index is 649. The molecule has 2 heterocycles. The number of furan rings is 1. The van der Waals surface area contributed by atoms with Crippen LogP contribution in [0.4, 0.5) is 0 Å². The second-order valence-electron chi connectivity index (χ2n) is 8.23. The monoisotopic (exact) mass is 389 g/mol. The molecule has 1 N–H and O–H groups in total. The number of hydrogen-bond acceptors (Lipinski definition) is 4. The highest BCUT2D eigenvalue weighted by atomic mass is 16.3. The predicted octanol–water partition coefficient (Wildman–Crippen LogP) is 3.24. The Kier molecular flexibility index (Phi) is 7.54. The number of aryl methyl sites for hydroxylation is 1. The highest BCUT2D eigenvalue weighted by Gasteiger charge is 2.34. The standard InChI is InChI=1S/C22H35N3O3/c1-3-13-25(18-8-6-4-5-7-9-18)21(26)15-20-22(27)23-12-14-24(20)16-19-11-10-17(2)28-19/h10-11,18,20H,3-9,12-16H2,1-2H3,(H,23,27)/t20-/m1/s1. The van der Waals surface area contributed by atoms with E-state index in [-0.39, 0.29) is 18.2 Å². The molecule has 0 spiro atoms. The topological polar surface area (TPSA) is 65.8 Å². The third kappa shape index (κ3) is 5.37. The Morgan fingerprint density at radius 1 is 1.25 bits per heavy atom. The zero-order chi connectivity index (χ0) is 19.9. The molecule has 28 heavy (non-hydrogen) atoms. The summed E-state index contributed by atoms with van der Waals surface area (Å²) in [4.78, 5) is 30.0. The number of piperazine rings is 1. The summed E-state index contributed by atoms with van der Waals surface area (Å²) in [6, 6.07) is 3.81. The molecule has 0 aromatic carbocycles. The number of carbonyl (C=O) groups is 2. The van der Waals surface area contributed by atoms with Gasteiger partial charge in [-0.05, 0) is 38.3 Å². The van der Waals surface area contributed by atoms with Gasteiger partial charge in [-0.15, -0.1) is 0 Å². The quantitative estimate of drug-likeness (QED) is 0.727. The third-order valence-electron chi connectivity index (χ3n) is 6.01. The summed E-state index contributed by atoms with van der Waals surface area (Å²) < 4.78 is 5.70. The molecule has 1 aromatic rings. The SMILES string of the molecule is CCCN(C(=O)C[C@@H]1C(=O)NCCN1Cc1ccc(C)o1)C1CCCCCC1. The van der Waals surface area contributed by atoms with Crippen molar-refractivity contribution in [1.29, 1.82) is 0 Å². The average Bonchev–Trinajstić information content (AvgIpc) is 2.92. The number of carbonyl (C=O) groups excluding carboxylic acids is 2. The molecule has 0 unspecified atom stereocenters. The maximum Gasteiger partial charge on any atom is 0.237 e. The van der Waals surface area contributed by atoms with Gasteiger partial charge < -0.3 is 14.6 Å². The lowest BCUT2D eigenvalue weighted by atomic mass is 10.0. The lowest BCUT2D eigenvalue weighted by Crippen LogP contribution is -2.56. The van der Waals surface area contributed by atoms with Gasteiger partial charge in [0.05, 0.1) is 19.0 Å². The molecule has 6 heteroatoms. The first-order valence-electron chi connectivity index (χ1n) is 10.9. The van der Waals surface area contributed by atoms with Crippen LogP contribution >= 0.6 is 0 Å². The maximum atomic E-state index is 13.3. The van der Waals surface area contributed by atoms with E-state index >= 15 is 0 Å². The fourth-order valence-corrected chi connectivity index (χ4v) is 4.55. The molecule has 0 bridgehead atoms. The maximum absolute atomic E-state index is 13.3. The van der Waals surface area contributed by atoms with Crippen molar-refractivity contribution in [2.45, 2.75) is 83.8 Å². The summed E-state index contributed by atoms with van der Waals surface area (Å²) in [5.74, 6) is 1.79. The van der Waals surface area contributed by atoms with Crippen molar-refractivity contribution in [2.24, 2.45) is 0 Å². The molecule has 1 aliphatic carbocycles.